The maximum Gasteiger partial charge on any atom is 0.175 e. The number of ketones is 1. The van der Waals surface area contributed by atoms with E-state index in [4.69, 9.17) is 0 Å². The van der Waals surface area contributed by atoms with E-state index in [0.717, 1.165) is 43.0 Å². The molecule has 2 aromatic heterocycles. The number of carbonyl (C=O) groups excluding carboxylic acids is 1. The molecule has 6 heteroatoms. The molecule has 0 bridgehead atoms. The van der Waals surface area contributed by atoms with Crippen molar-refractivity contribution < 1.29 is 4.79 Å². The summed E-state index contributed by atoms with van der Waals surface area (Å²) in [6, 6.07) is 15.4. The van der Waals surface area contributed by atoms with Gasteiger partial charge in [-0.3, -0.25) is 4.79 Å². The highest BCUT2D eigenvalue weighted by Gasteiger charge is 2.26. The predicted molar refractivity (Wildman–Crippen MR) is 99.6 cm³/mol. The number of hydrogen-bond acceptors (Lipinski definition) is 5. The van der Waals surface area contributed by atoms with Crippen molar-refractivity contribution in [1.82, 2.24) is 20.0 Å². The molecule has 3 heterocycles. The van der Waals surface area contributed by atoms with Crippen LogP contribution in [0.15, 0.2) is 54.7 Å². The molecule has 0 atom stereocenters. The Labute approximate surface area is 152 Å². The summed E-state index contributed by atoms with van der Waals surface area (Å²) in [6.45, 7) is 3.58. The predicted octanol–water partition coefficient (Wildman–Crippen LogP) is 3.07. The summed E-state index contributed by atoms with van der Waals surface area (Å²) in [4.78, 5) is 14.8. The van der Waals surface area contributed by atoms with Crippen LogP contribution in [0, 0.1) is 12.8 Å². The molecule has 0 amide bonds. The highest BCUT2D eigenvalue weighted by Crippen LogP contribution is 2.24. The first-order valence-corrected chi connectivity index (χ1v) is 8.91. The highest BCUT2D eigenvalue weighted by atomic mass is 16.1. The Hall–Kier alpha value is -3.02. The second-order valence-electron chi connectivity index (χ2n) is 6.64. The first kappa shape index (κ1) is 16.4. The van der Waals surface area contributed by atoms with Crippen molar-refractivity contribution in [2.75, 3.05) is 18.0 Å². The van der Waals surface area contributed by atoms with Crippen molar-refractivity contribution in [2.24, 2.45) is 5.92 Å². The SMILES string of the molecule is Cc1ccn(-c2ccc(N3CCC(C(=O)c4ccccc4)CC3)nn2)n1. The zero-order valence-electron chi connectivity index (χ0n) is 14.7. The summed E-state index contributed by atoms with van der Waals surface area (Å²) in [5, 5.41) is 13.0. The van der Waals surface area contributed by atoms with E-state index < -0.39 is 0 Å². The van der Waals surface area contributed by atoms with Crippen LogP contribution in [0.5, 0.6) is 0 Å². The minimum absolute atomic E-state index is 0.0907. The summed E-state index contributed by atoms with van der Waals surface area (Å²) in [7, 11) is 0. The first-order chi connectivity index (χ1) is 12.7. The molecule has 26 heavy (non-hydrogen) atoms. The lowest BCUT2D eigenvalue weighted by Crippen LogP contribution is -2.37. The van der Waals surface area contributed by atoms with Gasteiger partial charge < -0.3 is 4.90 Å². The van der Waals surface area contributed by atoms with Crippen molar-refractivity contribution in [3.05, 3.63) is 66.0 Å². The average Bonchev–Trinajstić information content (AvgIpc) is 3.15. The lowest BCUT2D eigenvalue weighted by atomic mass is 9.89. The summed E-state index contributed by atoms with van der Waals surface area (Å²) < 4.78 is 1.72. The second kappa shape index (κ2) is 7.07. The van der Waals surface area contributed by atoms with Crippen LogP contribution in [-0.2, 0) is 0 Å². The van der Waals surface area contributed by atoms with E-state index in [-0.39, 0.29) is 11.7 Å². The number of carbonyl (C=O) groups is 1. The van der Waals surface area contributed by atoms with Gasteiger partial charge in [0.2, 0.25) is 0 Å². The number of aromatic nitrogens is 4. The zero-order chi connectivity index (χ0) is 17.9. The van der Waals surface area contributed by atoms with Gasteiger partial charge in [0.05, 0.1) is 5.69 Å². The lowest BCUT2D eigenvalue weighted by molar-refractivity contribution is 0.0900. The zero-order valence-corrected chi connectivity index (χ0v) is 14.7. The van der Waals surface area contributed by atoms with Crippen LogP contribution in [-0.4, -0.2) is 38.9 Å². The van der Waals surface area contributed by atoms with Gasteiger partial charge in [-0.1, -0.05) is 30.3 Å². The number of benzene rings is 1. The van der Waals surface area contributed by atoms with Gasteiger partial charge in [-0.25, -0.2) is 4.68 Å². The Balaban J connectivity index is 1.39. The Kier molecular flexibility index (Phi) is 4.48. The summed E-state index contributed by atoms with van der Waals surface area (Å²) in [6.07, 6.45) is 3.56. The Bertz CT molecular complexity index is 880. The maximum atomic E-state index is 12.6. The van der Waals surface area contributed by atoms with Crippen LogP contribution >= 0.6 is 0 Å². The molecule has 1 saturated heterocycles. The highest BCUT2D eigenvalue weighted by molar-refractivity contribution is 5.97. The third-order valence-corrected chi connectivity index (χ3v) is 4.84. The van der Waals surface area contributed by atoms with E-state index in [1.165, 1.54) is 0 Å². The molecule has 1 aromatic carbocycles. The van der Waals surface area contributed by atoms with E-state index in [2.05, 4.69) is 20.2 Å². The largest absolute Gasteiger partial charge is 0.355 e. The topological polar surface area (TPSA) is 63.9 Å². The van der Waals surface area contributed by atoms with Crippen molar-refractivity contribution in [1.29, 1.82) is 0 Å². The van der Waals surface area contributed by atoms with Crippen molar-refractivity contribution in [2.45, 2.75) is 19.8 Å². The van der Waals surface area contributed by atoms with E-state index in [1.54, 1.807) is 4.68 Å². The quantitative estimate of drug-likeness (QED) is 0.679. The molecule has 1 aliphatic heterocycles. The molecule has 0 radical (unpaired) electrons. The fraction of sp³-hybridized carbons (Fsp3) is 0.300. The van der Waals surface area contributed by atoms with E-state index in [1.807, 2.05) is 61.7 Å². The smallest absolute Gasteiger partial charge is 0.175 e. The van der Waals surface area contributed by atoms with Crippen LogP contribution in [0.2, 0.25) is 0 Å². The van der Waals surface area contributed by atoms with E-state index in [9.17, 15) is 4.79 Å². The monoisotopic (exact) mass is 347 g/mol. The molecule has 6 nitrogen and oxygen atoms in total. The lowest BCUT2D eigenvalue weighted by Gasteiger charge is -2.31. The second-order valence-corrected chi connectivity index (χ2v) is 6.64. The summed E-state index contributed by atoms with van der Waals surface area (Å²) >= 11 is 0. The van der Waals surface area contributed by atoms with Gasteiger partial charge >= 0.3 is 0 Å². The van der Waals surface area contributed by atoms with Gasteiger partial charge in [0.25, 0.3) is 0 Å². The third kappa shape index (κ3) is 3.35. The number of Topliss-reactive ketones (excluding diaryl/α,β-unsaturated/α-hetero) is 1. The fourth-order valence-corrected chi connectivity index (χ4v) is 3.36. The number of piperidine rings is 1. The normalized spacial score (nSPS) is 15.2. The number of nitrogens with zero attached hydrogens (tertiary/aromatic N) is 5. The average molecular weight is 347 g/mol. The molecule has 1 aliphatic rings. The molecule has 0 N–H and O–H groups in total. The van der Waals surface area contributed by atoms with Crippen molar-refractivity contribution in [3.63, 3.8) is 0 Å². The molecule has 0 spiro atoms. The molecule has 132 valence electrons. The molecular formula is C20H21N5O. The van der Waals surface area contributed by atoms with Gasteiger partial charge in [-0.15, -0.1) is 10.2 Å². The van der Waals surface area contributed by atoms with Crippen molar-refractivity contribution >= 4 is 11.6 Å². The summed E-state index contributed by atoms with van der Waals surface area (Å²) in [5.74, 6) is 1.90. The first-order valence-electron chi connectivity index (χ1n) is 8.91. The number of aryl methyl sites for hydroxylation is 1. The fourth-order valence-electron chi connectivity index (χ4n) is 3.36. The van der Waals surface area contributed by atoms with Gasteiger partial charge in [0.15, 0.2) is 17.4 Å². The number of hydrogen-bond donors (Lipinski definition) is 0. The van der Waals surface area contributed by atoms with E-state index in [0.29, 0.717) is 5.82 Å². The van der Waals surface area contributed by atoms with Crippen LogP contribution in [0.4, 0.5) is 5.82 Å². The van der Waals surface area contributed by atoms with E-state index >= 15 is 0 Å². The maximum absolute atomic E-state index is 12.6. The minimum atomic E-state index is 0.0907. The Morgan fingerprint density at radius 2 is 1.65 bits per heavy atom. The van der Waals surface area contributed by atoms with Gasteiger partial charge in [-0.2, -0.15) is 5.10 Å². The molecule has 0 aliphatic carbocycles. The van der Waals surface area contributed by atoms with Crippen LogP contribution in [0.1, 0.15) is 28.9 Å². The van der Waals surface area contributed by atoms with Crippen molar-refractivity contribution in [3.8, 4) is 5.82 Å². The number of rotatable bonds is 4. The molecule has 1 fully saturated rings. The Morgan fingerprint density at radius 1 is 0.962 bits per heavy atom. The summed E-state index contributed by atoms with van der Waals surface area (Å²) in [5.41, 5.74) is 1.76. The van der Waals surface area contributed by atoms with Crippen LogP contribution in [0.25, 0.3) is 5.82 Å². The van der Waals surface area contributed by atoms with Crippen LogP contribution in [0.3, 0.4) is 0 Å². The minimum Gasteiger partial charge on any atom is -0.355 e. The molecule has 4 rings (SSSR count). The standard InChI is InChI=1S/C20H21N5O/c1-15-9-14-25(23-15)19-8-7-18(21-22-19)24-12-10-17(11-13-24)20(26)16-5-3-2-4-6-16/h2-9,14,17H,10-13H2,1H3. The molecule has 0 saturated carbocycles. The third-order valence-electron chi connectivity index (χ3n) is 4.84. The van der Waals surface area contributed by atoms with Gasteiger partial charge in [-0.05, 0) is 38.0 Å². The molecular weight excluding hydrogens is 326 g/mol. The molecule has 3 aromatic rings. The van der Waals surface area contributed by atoms with Crippen LogP contribution < -0.4 is 4.90 Å². The van der Waals surface area contributed by atoms with Gasteiger partial charge in [0.1, 0.15) is 0 Å². The molecule has 0 unspecified atom stereocenters. The van der Waals surface area contributed by atoms with Gasteiger partial charge in [0, 0.05) is 30.8 Å². The Morgan fingerprint density at radius 3 is 2.27 bits per heavy atom. The number of anilines is 1.